The number of rotatable bonds is 4. The van der Waals surface area contributed by atoms with Gasteiger partial charge in [0, 0.05) is 22.9 Å². The smallest absolute Gasteiger partial charge is 0.128 e. The van der Waals surface area contributed by atoms with Crippen LogP contribution in [0.3, 0.4) is 0 Å². The van der Waals surface area contributed by atoms with E-state index in [1.807, 2.05) is 13.8 Å². The van der Waals surface area contributed by atoms with Gasteiger partial charge in [0.25, 0.3) is 0 Å². The van der Waals surface area contributed by atoms with Crippen molar-refractivity contribution in [3.8, 4) is 0 Å². The summed E-state index contributed by atoms with van der Waals surface area (Å²) >= 11 is 5.88. The maximum Gasteiger partial charge on any atom is 0.128 e. The Morgan fingerprint density at radius 3 is 2.79 bits per heavy atom. The molecule has 2 rings (SSSR count). The molecule has 3 nitrogen and oxygen atoms in total. The minimum Gasteiger partial charge on any atom is -0.396 e. The maximum absolute atomic E-state index is 13.7. The van der Waals surface area contributed by atoms with Gasteiger partial charge in [-0.2, -0.15) is 5.10 Å². The van der Waals surface area contributed by atoms with Crippen molar-refractivity contribution in [1.29, 1.82) is 0 Å². The summed E-state index contributed by atoms with van der Waals surface area (Å²) in [5, 5.41) is 13.9. The molecule has 0 amide bonds. The van der Waals surface area contributed by atoms with E-state index in [0.717, 1.165) is 17.0 Å². The van der Waals surface area contributed by atoms with Crippen molar-refractivity contribution < 1.29 is 9.50 Å². The van der Waals surface area contributed by atoms with Crippen LogP contribution in [0.15, 0.2) is 18.2 Å². The first-order valence-electron chi connectivity index (χ1n) is 6.10. The minimum absolute atomic E-state index is 0.0822. The van der Waals surface area contributed by atoms with Crippen LogP contribution in [0.4, 0.5) is 4.39 Å². The zero-order valence-corrected chi connectivity index (χ0v) is 11.7. The SMILES string of the molecule is Cc1nn(Cc2cc(Cl)ccc2F)c(C)c1CCO. The molecule has 0 saturated carbocycles. The Kier molecular flexibility index (Phi) is 4.22. The molecular formula is C14H16ClFN2O. The van der Waals surface area contributed by atoms with E-state index in [-0.39, 0.29) is 12.4 Å². The molecule has 0 aliphatic rings. The second kappa shape index (κ2) is 5.72. The quantitative estimate of drug-likeness (QED) is 0.936. The van der Waals surface area contributed by atoms with Crippen LogP contribution in [0, 0.1) is 19.7 Å². The van der Waals surface area contributed by atoms with Gasteiger partial charge >= 0.3 is 0 Å². The molecule has 0 saturated heterocycles. The summed E-state index contributed by atoms with van der Waals surface area (Å²) in [4.78, 5) is 0. The lowest BCUT2D eigenvalue weighted by Gasteiger charge is -2.07. The molecule has 1 N–H and O–H groups in total. The number of aryl methyl sites for hydroxylation is 1. The number of hydrogen-bond acceptors (Lipinski definition) is 2. The Hall–Kier alpha value is -1.39. The second-order valence-corrected chi connectivity index (χ2v) is 4.95. The zero-order chi connectivity index (χ0) is 14.0. The van der Waals surface area contributed by atoms with E-state index in [2.05, 4.69) is 5.10 Å². The predicted molar refractivity (Wildman–Crippen MR) is 73.0 cm³/mol. The molecule has 2 aromatic rings. The third-order valence-corrected chi connectivity index (χ3v) is 3.46. The third kappa shape index (κ3) is 2.96. The number of aliphatic hydroxyl groups excluding tert-OH is 1. The highest BCUT2D eigenvalue weighted by molar-refractivity contribution is 6.30. The van der Waals surface area contributed by atoms with Crippen LogP contribution < -0.4 is 0 Å². The van der Waals surface area contributed by atoms with Crippen molar-refractivity contribution in [3.05, 3.63) is 51.6 Å². The van der Waals surface area contributed by atoms with Crippen LogP contribution in [0.1, 0.15) is 22.5 Å². The zero-order valence-electron chi connectivity index (χ0n) is 11.0. The number of aromatic nitrogens is 2. The molecule has 19 heavy (non-hydrogen) atoms. The van der Waals surface area contributed by atoms with Crippen molar-refractivity contribution in [1.82, 2.24) is 9.78 Å². The fourth-order valence-corrected chi connectivity index (χ4v) is 2.38. The van der Waals surface area contributed by atoms with Gasteiger partial charge in [0.2, 0.25) is 0 Å². The van der Waals surface area contributed by atoms with Crippen molar-refractivity contribution in [2.45, 2.75) is 26.8 Å². The summed E-state index contributed by atoms with van der Waals surface area (Å²) < 4.78 is 15.4. The number of benzene rings is 1. The summed E-state index contributed by atoms with van der Waals surface area (Å²) in [6.07, 6.45) is 0.565. The minimum atomic E-state index is -0.291. The molecule has 0 radical (unpaired) electrons. The van der Waals surface area contributed by atoms with Gasteiger partial charge in [-0.05, 0) is 44.0 Å². The van der Waals surface area contributed by atoms with Crippen molar-refractivity contribution in [2.24, 2.45) is 0 Å². The van der Waals surface area contributed by atoms with Crippen LogP contribution in [0.5, 0.6) is 0 Å². The lowest BCUT2D eigenvalue weighted by atomic mass is 10.1. The highest BCUT2D eigenvalue weighted by Crippen LogP contribution is 2.19. The summed E-state index contributed by atoms with van der Waals surface area (Å²) in [5.74, 6) is -0.291. The molecule has 0 aliphatic heterocycles. The third-order valence-electron chi connectivity index (χ3n) is 3.22. The van der Waals surface area contributed by atoms with E-state index >= 15 is 0 Å². The molecule has 1 aromatic carbocycles. The molecular weight excluding hydrogens is 267 g/mol. The molecule has 5 heteroatoms. The van der Waals surface area contributed by atoms with Crippen LogP contribution in [0.2, 0.25) is 5.02 Å². The second-order valence-electron chi connectivity index (χ2n) is 4.52. The summed E-state index contributed by atoms with van der Waals surface area (Å²) in [6, 6.07) is 4.50. The summed E-state index contributed by atoms with van der Waals surface area (Å²) in [5.41, 5.74) is 3.35. The lowest BCUT2D eigenvalue weighted by Crippen LogP contribution is -2.06. The molecule has 0 spiro atoms. The molecule has 0 aliphatic carbocycles. The fraction of sp³-hybridized carbons (Fsp3) is 0.357. The van der Waals surface area contributed by atoms with Crippen LogP contribution in [-0.4, -0.2) is 21.5 Å². The van der Waals surface area contributed by atoms with Crippen molar-refractivity contribution >= 4 is 11.6 Å². The molecule has 1 heterocycles. The van der Waals surface area contributed by atoms with Gasteiger partial charge in [-0.3, -0.25) is 4.68 Å². The van der Waals surface area contributed by atoms with E-state index in [0.29, 0.717) is 23.6 Å². The number of aliphatic hydroxyl groups is 1. The Morgan fingerprint density at radius 2 is 2.11 bits per heavy atom. The molecule has 0 fully saturated rings. The fourth-order valence-electron chi connectivity index (χ4n) is 2.19. The van der Waals surface area contributed by atoms with E-state index in [4.69, 9.17) is 16.7 Å². The average Bonchev–Trinajstić information content (AvgIpc) is 2.62. The van der Waals surface area contributed by atoms with Crippen LogP contribution in [0.25, 0.3) is 0 Å². The molecule has 0 bridgehead atoms. The monoisotopic (exact) mass is 282 g/mol. The molecule has 0 atom stereocenters. The van der Waals surface area contributed by atoms with Gasteiger partial charge in [-0.1, -0.05) is 11.6 Å². The van der Waals surface area contributed by atoms with E-state index in [1.54, 1.807) is 10.7 Å². The Labute approximate surface area is 116 Å². The Balaban J connectivity index is 2.33. The maximum atomic E-state index is 13.7. The summed E-state index contributed by atoms with van der Waals surface area (Å²) in [7, 11) is 0. The van der Waals surface area contributed by atoms with Crippen molar-refractivity contribution in [2.75, 3.05) is 6.61 Å². The normalized spacial score (nSPS) is 11.0. The highest BCUT2D eigenvalue weighted by Gasteiger charge is 2.12. The highest BCUT2D eigenvalue weighted by atomic mass is 35.5. The number of halogens is 2. The standard InChI is InChI=1S/C14H16ClFN2O/c1-9-13(5-6-19)10(2)18(17-9)8-11-7-12(15)3-4-14(11)16/h3-4,7,19H,5-6,8H2,1-2H3. The van der Waals surface area contributed by atoms with Gasteiger partial charge in [0.15, 0.2) is 0 Å². The lowest BCUT2D eigenvalue weighted by molar-refractivity contribution is 0.299. The molecule has 0 unspecified atom stereocenters. The molecule has 1 aromatic heterocycles. The van der Waals surface area contributed by atoms with Gasteiger partial charge in [-0.15, -0.1) is 0 Å². The predicted octanol–water partition coefficient (Wildman–Crippen LogP) is 2.88. The van der Waals surface area contributed by atoms with Crippen molar-refractivity contribution in [3.63, 3.8) is 0 Å². The van der Waals surface area contributed by atoms with E-state index in [9.17, 15) is 4.39 Å². The van der Waals surface area contributed by atoms with Gasteiger partial charge in [0.1, 0.15) is 5.82 Å². The average molecular weight is 283 g/mol. The first-order chi connectivity index (χ1) is 9.02. The summed E-state index contributed by atoms with van der Waals surface area (Å²) in [6.45, 7) is 4.24. The van der Waals surface area contributed by atoms with Gasteiger partial charge < -0.3 is 5.11 Å². The molecule has 102 valence electrons. The number of nitrogens with zero attached hydrogens (tertiary/aromatic N) is 2. The first-order valence-corrected chi connectivity index (χ1v) is 6.48. The van der Waals surface area contributed by atoms with Gasteiger partial charge in [0.05, 0.1) is 12.2 Å². The van der Waals surface area contributed by atoms with Crippen LogP contribution in [-0.2, 0) is 13.0 Å². The van der Waals surface area contributed by atoms with E-state index in [1.165, 1.54) is 12.1 Å². The van der Waals surface area contributed by atoms with Gasteiger partial charge in [-0.25, -0.2) is 4.39 Å². The topological polar surface area (TPSA) is 38.0 Å². The number of hydrogen-bond donors (Lipinski definition) is 1. The Morgan fingerprint density at radius 1 is 1.37 bits per heavy atom. The Bertz CT molecular complexity index is 595. The largest absolute Gasteiger partial charge is 0.396 e. The van der Waals surface area contributed by atoms with Crippen LogP contribution >= 0.6 is 11.6 Å². The first kappa shape index (κ1) is 14.0. The van der Waals surface area contributed by atoms with E-state index < -0.39 is 0 Å².